The minimum Gasteiger partial charge on any atom is -0.394 e. The first kappa shape index (κ1) is 20.8. The van der Waals surface area contributed by atoms with Crippen LogP contribution in [0.15, 0.2) is 0 Å². The predicted octanol–water partition coefficient (Wildman–Crippen LogP) is -0.206. The molecule has 1 heterocycles. The van der Waals surface area contributed by atoms with Gasteiger partial charge in [0.2, 0.25) is 12.3 Å². The van der Waals surface area contributed by atoms with Crippen molar-refractivity contribution < 1.29 is 24.6 Å². The highest BCUT2D eigenvalue weighted by molar-refractivity contribution is 5.79. The zero-order chi connectivity index (χ0) is 17.8. The van der Waals surface area contributed by atoms with E-state index < -0.39 is 0 Å². The van der Waals surface area contributed by atoms with Gasteiger partial charge in [-0.05, 0) is 6.42 Å². The number of carbonyl (C=O) groups excluding carboxylic acids is 2. The molecule has 1 aliphatic heterocycles. The molecule has 140 valence electrons. The Morgan fingerprint density at radius 2 is 2.00 bits per heavy atom. The summed E-state index contributed by atoms with van der Waals surface area (Å²) in [6, 6.07) is 0. The van der Waals surface area contributed by atoms with Crippen LogP contribution in [-0.2, 0) is 14.3 Å². The molecule has 0 aromatic rings. The lowest BCUT2D eigenvalue weighted by Crippen LogP contribution is -2.52. The van der Waals surface area contributed by atoms with E-state index in [9.17, 15) is 14.8 Å². The zero-order valence-corrected chi connectivity index (χ0v) is 14.6. The van der Waals surface area contributed by atoms with Gasteiger partial charge in [-0.2, -0.15) is 0 Å². The molecule has 1 rings (SSSR count). The van der Waals surface area contributed by atoms with E-state index in [1.165, 1.54) is 0 Å². The van der Waals surface area contributed by atoms with Crippen LogP contribution in [0.1, 0.15) is 26.2 Å². The largest absolute Gasteiger partial charge is 0.394 e. The number of hydrogen-bond donors (Lipinski definition) is 2. The maximum Gasteiger partial charge on any atom is 0.233 e. The van der Waals surface area contributed by atoms with E-state index in [-0.39, 0.29) is 25.0 Å². The summed E-state index contributed by atoms with van der Waals surface area (Å²) >= 11 is 0. The molecule has 2 amide bonds. The molecular formula is C16H31N3O5. The van der Waals surface area contributed by atoms with Gasteiger partial charge in [-0.3, -0.25) is 19.7 Å². The summed E-state index contributed by atoms with van der Waals surface area (Å²) in [5.74, 6) is -0.333. The van der Waals surface area contributed by atoms with Crippen molar-refractivity contribution in [2.75, 3.05) is 59.1 Å². The lowest BCUT2D eigenvalue weighted by atomic mass is 10.00. The monoisotopic (exact) mass is 345 g/mol. The van der Waals surface area contributed by atoms with E-state index in [2.05, 4.69) is 11.8 Å². The second-order valence-corrected chi connectivity index (χ2v) is 6.07. The molecule has 1 aliphatic rings. The molecule has 0 aliphatic carbocycles. The summed E-state index contributed by atoms with van der Waals surface area (Å²) in [6.07, 6.45) is 2.88. The Morgan fingerprint density at radius 1 is 1.29 bits per heavy atom. The molecule has 0 radical (unpaired) electrons. The number of hydrogen-bond acceptors (Lipinski definition) is 6. The molecular weight excluding hydrogens is 314 g/mol. The number of nitrogens with zero attached hydrogens (tertiary/aromatic N) is 3. The van der Waals surface area contributed by atoms with Gasteiger partial charge in [0.05, 0.1) is 32.3 Å². The van der Waals surface area contributed by atoms with Crippen LogP contribution in [0, 0.1) is 5.92 Å². The third-order valence-electron chi connectivity index (χ3n) is 4.26. The highest BCUT2D eigenvalue weighted by Gasteiger charge is 2.28. The summed E-state index contributed by atoms with van der Waals surface area (Å²) in [4.78, 5) is 27.3. The van der Waals surface area contributed by atoms with Crippen LogP contribution in [0.2, 0.25) is 0 Å². The summed E-state index contributed by atoms with van der Waals surface area (Å²) in [5.41, 5.74) is 0. The van der Waals surface area contributed by atoms with Crippen molar-refractivity contribution in [1.82, 2.24) is 14.9 Å². The van der Waals surface area contributed by atoms with Gasteiger partial charge in [-0.15, -0.1) is 0 Å². The number of piperazine rings is 1. The van der Waals surface area contributed by atoms with Crippen molar-refractivity contribution in [3.05, 3.63) is 0 Å². The molecule has 24 heavy (non-hydrogen) atoms. The average Bonchev–Trinajstić information content (AvgIpc) is 2.62. The number of aliphatic hydroxyl groups is 1. The molecule has 0 bridgehead atoms. The van der Waals surface area contributed by atoms with Crippen LogP contribution in [0.3, 0.4) is 0 Å². The first-order valence-corrected chi connectivity index (χ1v) is 8.72. The van der Waals surface area contributed by atoms with Crippen molar-refractivity contribution in [1.29, 1.82) is 0 Å². The lowest BCUT2D eigenvalue weighted by molar-refractivity contribution is -0.157. The molecule has 8 heteroatoms. The van der Waals surface area contributed by atoms with E-state index in [1.807, 2.05) is 4.90 Å². The number of carbonyl (C=O) groups is 2. The highest BCUT2D eigenvalue weighted by atomic mass is 16.5. The average molecular weight is 345 g/mol. The first-order chi connectivity index (χ1) is 11.6. The molecule has 1 fully saturated rings. The quantitative estimate of drug-likeness (QED) is 0.220. The molecule has 0 aromatic heterocycles. The number of amides is 2. The van der Waals surface area contributed by atoms with Crippen molar-refractivity contribution in [3.8, 4) is 0 Å². The number of rotatable bonds is 12. The van der Waals surface area contributed by atoms with Crippen LogP contribution >= 0.6 is 0 Å². The fourth-order valence-electron chi connectivity index (χ4n) is 2.82. The van der Waals surface area contributed by atoms with Gasteiger partial charge < -0.3 is 14.7 Å². The molecule has 0 aromatic carbocycles. The molecule has 1 atom stereocenters. The van der Waals surface area contributed by atoms with Gasteiger partial charge in [-0.25, -0.2) is 5.06 Å². The fraction of sp³-hybridized carbons (Fsp3) is 0.875. The van der Waals surface area contributed by atoms with Gasteiger partial charge in [0.15, 0.2) is 0 Å². The molecule has 2 N–H and O–H groups in total. The van der Waals surface area contributed by atoms with Crippen molar-refractivity contribution in [3.63, 3.8) is 0 Å². The maximum absolute atomic E-state index is 12.7. The predicted molar refractivity (Wildman–Crippen MR) is 88.5 cm³/mol. The van der Waals surface area contributed by atoms with Crippen LogP contribution in [0.5, 0.6) is 0 Å². The summed E-state index contributed by atoms with van der Waals surface area (Å²) in [7, 11) is 0. The standard InChI is InChI=1S/C16H31N3O5/c1-2-3-4-15(13-19(23)14-21)16(22)18-7-5-17(6-8-18)9-11-24-12-10-20/h14-15,20,23H,2-13H2,1H3/t15-/m1/s1. The number of hydroxylamine groups is 2. The van der Waals surface area contributed by atoms with Crippen LogP contribution in [-0.4, -0.2) is 96.6 Å². The van der Waals surface area contributed by atoms with E-state index >= 15 is 0 Å². The molecule has 0 spiro atoms. The van der Waals surface area contributed by atoms with E-state index in [4.69, 9.17) is 9.84 Å². The third kappa shape index (κ3) is 7.57. The highest BCUT2D eigenvalue weighted by Crippen LogP contribution is 2.15. The molecule has 8 nitrogen and oxygen atoms in total. The Bertz CT molecular complexity index is 362. The van der Waals surface area contributed by atoms with Gasteiger partial charge in [0.1, 0.15) is 0 Å². The minimum absolute atomic E-state index is 0.0144. The van der Waals surface area contributed by atoms with E-state index in [0.29, 0.717) is 44.2 Å². The summed E-state index contributed by atoms with van der Waals surface area (Å²) < 4.78 is 5.26. The van der Waals surface area contributed by atoms with E-state index in [1.54, 1.807) is 0 Å². The Balaban J connectivity index is 2.41. The fourth-order valence-corrected chi connectivity index (χ4v) is 2.82. The van der Waals surface area contributed by atoms with Crippen molar-refractivity contribution in [2.45, 2.75) is 26.2 Å². The Labute approximate surface area is 143 Å². The summed E-state index contributed by atoms with van der Waals surface area (Å²) in [6.45, 7) is 6.71. The smallest absolute Gasteiger partial charge is 0.233 e. The van der Waals surface area contributed by atoms with Gasteiger partial charge >= 0.3 is 0 Å². The SMILES string of the molecule is CCCC[C@H](CN(O)C=O)C(=O)N1CCN(CCOCCO)CC1. The van der Waals surface area contributed by atoms with Crippen LogP contribution in [0.25, 0.3) is 0 Å². The van der Waals surface area contributed by atoms with E-state index in [0.717, 1.165) is 32.5 Å². The number of unbranched alkanes of at least 4 members (excludes halogenated alkanes) is 1. The zero-order valence-electron chi connectivity index (χ0n) is 14.6. The third-order valence-corrected chi connectivity index (χ3v) is 4.26. The van der Waals surface area contributed by atoms with Crippen molar-refractivity contribution >= 4 is 12.3 Å². The molecule has 0 unspecified atom stereocenters. The maximum atomic E-state index is 12.7. The van der Waals surface area contributed by atoms with Gasteiger partial charge in [0, 0.05) is 32.7 Å². The minimum atomic E-state index is -0.348. The second kappa shape index (κ2) is 12.2. The van der Waals surface area contributed by atoms with Gasteiger partial charge in [0.25, 0.3) is 0 Å². The van der Waals surface area contributed by atoms with Crippen molar-refractivity contribution in [2.24, 2.45) is 5.92 Å². The second-order valence-electron chi connectivity index (χ2n) is 6.07. The number of aliphatic hydroxyl groups excluding tert-OH is 1. The molecule has 0 saturated carbocycles. The molecule has 1 saturated heterocycles. The van der Waals surface area contributed by atoms with Gasteiger partial charge in [-0.1, -0.05) is 19.8 Å². The topological polar surface area (TPSA) is 93.6 Å². The Hall–Kier alpha value is -1.22. The Kier molecular flexibility index (Phi) is 10.6. The number of ether oxygens (including phenoxy) is 1. The van der Waals surface area contributed by atoms with Crippen LogP contribution in [0.4, 0.5) is 0 Å². The van der Waals surface area contributed by atoms with Crippen LogP contribution < -0.4 is 0 Å². The lowest BCUT2D eigenvalue weighted by Gasteiger charge is -2.36. The normalized spacial score (nSPS) is 16.9. The summed E-state index contributed by atoms with van der Waals surface area (Å²) in [5, 5.41) is 18.6. The Morgan fingerprint density at radius 3 is 2.58 bits per heavy atom. The first-order valence-electron chi connectivity index (χ1n) is 8.72.